The molecule has 1 rings (SSSR count). The first-order valence-electron chi connectivity index (χ1n) is 5.79. The highest BCUT2D eigenvalue weighted by atomic mass is 14.1. The summed E-state index contributed by atoms with van der Waals surface area (Å²) in [5.41, 5.74) is 4.23. The predicted octanol–water partition coefficient (Wildman–Crippen LogP) is 4.84. The van der Waals surface area contributed by atoms with E-state index in [0.717, 1.165) is 0 Å². The van der Waals surface area contributed by atoms with Gasteiger partial charge in [0.05, 0.1) is 0 Å². The summed E-state index contributed by atoms with van der Waals surface area (Å²) in [4.78, 5) is 0. The topological polar surface area (TPSA) is 0 Å². The molecule has 0 saturated heterocycles. The molecule has 0 aliphatic heterocycles. The van der Waals surface area contributed by atoms with Gasteiger partial charge in [-0.15, -0.1) is 0 Å². The van der Waals surface area contributed by atoms with Gasteiger partial charge in [0.15, 0.2) is 0 Å². The van der Waals surface area contributed by atoms with Gasteiger partial charge < -0.3 is 0 Å². The summed E-state index contributed by atoms with van der Waals surface area (Å²) in [5.74, 6) is 0.668. The van der Waals surface area contributed by atoms with Crippen LogP contribution in [0.2, 0.25) is 0 Å². The zero-order chi connectivity index (χ0) is 11.3. The Balaban J connectivity index is 2.50. The molecule has 15 heavy (non-hydrogen) atoms. The fourth-order valence-electron chi connectivity index (χ4n) is 1.68. The summed E-state index contributed by atoms with van der Waals surface area (Å²) in [5, 5.41) is 0. The maximum absolute atomic E-state index is 2.32. The van der Waals surface area contributed by atoms with Crippen molar-refractivity contribution in [1.82, 2.24) is 0 Å². The highest BCUT2D eigenvalue weighted by Gasteiger charge is 2.03. The molecule has 1 atom stereocenters. The second-order valence-corrected chi connectivity index (χ2v) is 4.67. The molecule has 0 saturated carbocycles. The van der Waals surface area contributed by atoms with E-state index in [4.69, 9.17) is 0 Å². The van der Waals surface area contributed by atoms with Crippen molar-refractivity contribution in [2.24, 2.45) is 0 Å². The van der Waals surface area contributed by atoms with Crippen molar-refractivity contribution in [1.29, 1.82) is 0 Å². The molecule has 0 N–H and O–H groups in total. The number of benzene rings is 1. The van der Waals surface area contributed by atoms with E-state index in [1.165, 1.54) is 29.5 Å². The quantitative estimate of drug-likeness (QED) is 0.612. The minimum Gasteiger partial charge on any atom is -0.0859 e. The standard InChI is InChI=1S/C15H22/c1-12(2)6-5-7-14(4)15-10-8-13(3)9-11-15/h6,8-11,14H,5,7H2,1-4H3. The SMILES string of the molecule is CC(C)=CCCC(C)c1ccc(C)cc1. The molecule has 0 aliphatic rings. The molecule has 1 aromatic rings. The van der Waals surface area contributed by atoms with E-state index in [1.54, 1.807) is 0 Å². The van der Waals surface area contributed by atoms with Crippen LogP contribution >= 0.6 is 0 Å². The van der Waals surface area contributed by atoms with Gasteiger partial charge >= 0.3 is 0 Å². The maximum Gasteiger partial charge on any atom is -0.0187 e. The van der Waals surface area contributed by atoms with E-state index < -0.39 is 0 Å². The highest BCUT2D eigenvalue weighted by molar-refractivity contribution is 5.24. The van der Waals surface area contributed by atoms with Gasteiger partial charge in [-0.1, -0.05) is 48.4 Å². The Morgan fingerprint density at radius 1 is 1.20 bits per heavy atom. The van der Waals surface area contributed by atoms with Crippen molar-refractivity contribution in [3.05, 3.63) is 47.0 Å². The Morgan fingerprint density at radius 3 is 2.33 bits per heavy atom. The van der Waals surface area contributed by atoms with Gasteiger partial charge in [-0.2, -0.15) is 0 Å². The summed E-state index contributed by atoms with van der Waals surface area (Å²) in [6, 6.07) is 8.91. The first-order valence-corrected chi connectivity index (χ1v) is 5.79. The van der Waals surface area contributed by atoms with E-state index in [9.17, 15) is 0 Å². The Labute approximate surface area is 94.0 Å². The van der Waals surface area contributed by atoms with Crippen molar-refractivity contribution in [3.63, 3.8) is 0 Å². The van der Waals surface area contributed by atoms with Gasteiger partial charge in [-0.3, -0.25) is 0 Å². The van der Waals surface area contributed by atoms with Crippen LogP contribution in [-0.4, -0.2) is 0 Å². The third kappa shape index (κ3) is 4.33. The van der Waals surface area contributed by atoms with Gasteiger partial charge in [0.2, 0.25) is 0 Å². The van der Waals surface area contributed by atoms with E-state index in [1.807, 2.05) is 0 Å². The molecule has 0 heteroatoms. The third-order valence-electron chi connectivity index (χ3n) is 2.80. The smallest absolute Gasteiger partial charge is 0.0187 e. The van der Waals surface area contributed by atoms with Crippen molar-refractivity contribution >= 4 is 0 Å². The molecule has 0 bridgehead atoms. The molecule has 0 radical (unpaired) electrons. The lowest BCUT2D eigenvalue weighted by Gasteiger charge is -2.10. The molecule has 0 nitrogen and oxygen atoms in total. The second kappa shape index (κ2) is 5.75. The zero-order valence-corrected chi connectivity index (χ0v) is 10.4. The van der Waals surface area contributed by atoms with Gasteiger partial charge in [0, 0.05) is 0 Å². The van der Waals surface area contributed by atoms with Crippen LogP contribution in [0.1, 0.15) is 50.7 Å². The lowest BCUT2D eigenvalue weighted by Crippen LogP contribution is -1.92. The number of aryl methyl sites for hydroxylation is 1. The summed E-state index contributed by atoms with van der Waals surface area (Å²) < 4.78 is 0. The molecule has 0 amide bonds. The summed E-state index contributed by atoms with van der Waals surface area (Å²) in [6.45, 7) is 8.77. The summed E-state index contributed by atoms with van der Waals surface area (Å²) >= 11 is 0. The van der Waals surface area contributed by atoms with E-state index in [0.29, 0.717) is 5.92 Å². The number of hydrogen-bond donors (Lipinski definition) is 0. The summed E-state index contributed by atoms with van der Waals surface area (Å²) in [7, 11) is 0. The molecule has 0 spiro atoms. The number of hydrogen-bond acceptors (Lipinski definition) is 0. The lowest BCUT2D eigenvalue weighted by atomic mass is 9.95. The van der Waals surface area contributed by atoms with Gasteiger partial charge in [-0.25, -0.2) is 0 Å². The first kappa shape index (κ1) is 12.0. The minimum atomic E-state index is 0.668. The molecular weight excluding hydrogens is 180 g/mol. The fourth-order valence-corrected chi connectivity index (χ4v) is 1.68. The van der Waals surface area contributed by atoms with Crippen molar-refractivity contribution in [2.45, 2.75) is 46.5 Å². The molecule has 0 aliphatic carbocycles. The molecule has 0 heterocycles. The van der Waals surface area contributed by atoms with Gasteiger partial charge in [0.1, 0.15) is 0 Å². The van der Waals surface area contributed by atoms with Crippen molar-refractivity contribution in [2.75, 3.05) is 0 Å². The van der Waals surface area contributed by atoms with Gasteiger partial charge in [-0.05, 0) is 45.1 Å². The predicted molar refractivity (Wildman–Crippen MR) is 68.3 cm³/mol. The molecule has 1 unspecified atom stereocenters. The van der Waals surface area contributed by atoms with Crippen molar-refractivity contribution < 1.29 is 0 Å². The fraction of sp³-hybridized carbons (Fsp3) is 0.467. The molecular formula is C15H22. The Morgan fingerprint density at radius 2 is 1.80 bits per heavy atom. The molecule has 82 valence electrons. The average Bonchev–Trinajstić information content (AvgIpc) is 2.18. The van der Waals surface area contributed by atoms with E-state index in [-0.39, 0.29) is 0 Å². The van der Waals surface area contributed by atoms with E-state index >= 15 is 0 Å². The maximum atomic E-state index is 2.32. The summed E-state index contributed by atoms with van der Waals surface area (Å²) in [6.07, 6.45) is 4.76. The third-order valence-corrected chi connectivity index (χ3v) is 2.80. The molecule has 0 aromatic heterocycles. The lowest BCUT2D eigenvalue weighted by molar-refractivity contribution is 0.689. The van der Waals surface area contributed by atoms with Crippen LogP contribution in [0.3, 0.4) is 0 Å². The highest BCUT2D eigenvalue weighted by Crippen LogP contribution is 2.21. The molecule has 0 fully saturated rings. The van der Waals surface area contributed by atoms with Crippen molar-refractivity contribution in [3.8, 4) is 0 Å². The Kier molecular flexibility index (Phi) is 4.61. The number of allylic oxidation sites excluding steroid dienone is 2. The minimum absolute atomic E-state index is 0.668. The van der Waals surface area contributed by atoms with Crippen LogP contribution in [0.5, 0.6) is 0 Å². The van der Waals surface area contributed by atoms with Crippen LogP contribution in [0.25, 0.3) is 0 Å². The monoisotopic (exact) mass is 202 g/mol. The Hall–Kier alpha value is -1.04. The van der Waals surface area contributed by atoms with Crippen LogP contribution < -0.4 is 0 Å². The number of rotatable bonds is 4. The zero-order valence-electron chi connectivity index (χ0n) is 10.4. The normalized spacial score (nSPS) is 12.3. The van der Waals surface area contributed by atoms with Crippen LogP contribution in [0, 0.1) is 6.92 Å². The Bertz CT molecular complexity index is 312. The van der Waals surface area contributed by atoms with Crippen LogP contribution in [0.4, 0.5) is 0 Å². The van der Waals surface area contributed by atoms with Crippen LogP contribution in [0.15, 0.2) is 35.9 Å². The second-order valence-electron chi connectivity index (χ2n) is 4.67. The van der Waals surface area contributed by atoms with Gasteiger partial charge in [0.25, 0.3) is 0 Å². The first-order chi connectivity index (χ1) is 7.09. The van der Waals surface area contributed by atoms with Crippen LogP contribution in [-0.2, 0) is 0 Å². The largest absolute Gasteiger partial charge is 0.0859 e. The molecule has 1 aromatic carbocycles. The average molecular weight is 202 g/mol. The van der Waals surface area contributed by atoms with E-state index in [2.05, 4.69) is 58.0 Å².